The van der Waals surface area contributed by atoms with E-state index in [9.17, 15) is 18.4 Å². The highest BCUT2D eigenvalue weighted by Crippen LogP contribution is 2.29. The second-order valence-electron chi connectivity index (χ2n) is 12.3. The number of morpholine rings is 2. The van der Waals surface area contributed by atoms with Gasteiger partial charge in [0.2, 0.25) is 0 Å². The maximum atomic E-state index is 15.1. The van der Waals surface area contributed by atoms with Gasteiger partial charge >= 0.3 is 6.09 Å². The lowest BCUT2D eigenvalue weighted by atomic mass is 9.82. The predicted molar refractivity (Wildman–Crippen MR) is 172 cm³/mol. The van der Waals surface area contributed by atoms with Crippen LogP contribution in [0.1, 0.15) is 34.6 Å². The molecule has 2 aliphatic rings. The van der Waals surface area contributed by atoms with Crippen LogP contribution in [0.2, 0.25) is 0 Å². The molecule has 0 bridgehead atoms. The van der Waals surface area contributed by atoms with E-state index in [4.69, 9.17) is 19.9 Å². The highest BCUT2D eigenvalue weighted by Gasteiger charge is 2.30. The monoisotopic (exact) mass is 669 g/mol. The van der Waals surface area contributed by atoms with Gasteiger partial charge in [-0.05, 0) is 66.4 Å². The van der Waals surface area contributed by atoms with Crippen LogP contribution in [0, 0.1) is 17.5 Å². The van der Waals surface area contributed by atoms with Gasteiger partial charge in [-0.3, -0.25) is 9.78 Å². The molecule has 4 N–H and O–H groups in total. The molecule has 2 aromatic carbocycles. The maximum Gasteiger partial charge on any atom is 0.407 e. The summed E-state index contributed by atoms with van der Waals surface area (Å²) in [7, 11) is 2.00. The first kappa shape index (κ1) is 35.4. The zero-order valence-corrected chi connectivity index (χ0v) is 26.9. The summed E-state index contributed by atoms with van der Waals surface area (Å²) >= 11 is 0. The molecule has 10 nitrogen and oxygen atoms in total. The summed E-state index contributed by atoms with van der Waals surface area (Å²) in [5.74, 6) is -2.50. The Labute approximate surface area is 278 Å². The number of ether oxygens (including phenoxy) is 3. The second-order valence-corrected chi connectivity index (χ2v) is 12.3. The number of benzene rings is 2. The summed E-state index contributed by atoms with van der Waals surface area (Å²) < 4.78 is 59.7. The standard InChI is InChI=1S/C35H42F3N5O5/c1-43-12-13-46-28(20-43)18-42-35(45)47-21-29-17-41-16-27(48-29)10-11-30-24(15-40-19-31(30)38)14-32(44)34(39)33(22-2-6-25(36)7-3-22)23-4-8-26(37)9-5-23/h2-9,15,19,27-29,33-34,41H,10-14,16-18,20-21,39H2,1H3,(H,42,45)/t27-,28?,29+,34?/m1/s1. The molecular weight excluding hydrogens is 627 g/mol. The zero-order chi connectivity index (χ0) is 34.0. The van der Waals surface area contributed by atoms with E-state index in [1.54, 1.807) is 24.3 Å². The Kier molecular flexibility index (Phi) is 12.5. The summed E-state index contributed by atoms with van der Waals surface area (Å²) in [5, 5.41) is 6.01. The minimum absolute atomic E-state index is 0.0469. The molecule has 2 unspecified atom stereocenters. The fourth-order valence-electron chi connectivity index (χ4n) is 6.13. The Balaban J connectivity index is 1.16. The molecule has 4 atom stereocenters. The minimum atomic E-state index is -1.09. The number of nitrogens with zero attached hydrogens (tertiary/aromatic N) is 2. The van der Waals surface area contributed by atoms with Crippen molar-refractivity contribution in [3.63, 3.8) is 0 Å². The fourth-order valence-corrected chi connectivity index (χ4v) is 6.13. The van der Waals surface area contributed by atoms with E-state index < -0.39 is 35.5 Å². The Morgan fingerprint density at radius 2 is 1.69 bits per heavy atom. The quantitative estimate of drug-likeness (QED) is 0.252. The van der Waals surface area contributed by atoms with Crippen molar-refractivity contribution in [1.29, 1.82) is 0 Å². The van der Waals surface area contributed by atoms with Crippen molar-refractivity contribution in [3.05, 3.63) is 101 Å². The summed E-state index contributed by atoms with van der Waals surface area (Å²) in [6, 6.07) is 10.2. The van der Waals surface area contributed by atoms with Gasteiger partial charge in [-0.2, -0.15) is 0 Å². The molecule has 1 aromatic heterocycles. The summed E-state index contributed by atoms with van der Waals surface area (Å²) in [4.78, 5) is 32.0. The van der Waals surface area contributed by atoms with Crippen molar-refractivity contribution in [1.82, 2.24) is 20.5 Å². The Morgan fingerprint density at radius 3 is 2.35 bits per heavy atom. The summed E-state index contributed by atoms with van der Waals surface area (Å²) in [6.45, 7) is 3.61. The van der Waals surface area contributed by atoms with E-state index in [2.05, 4.69) is 20.5 Å². The number of amides is 1. The smallest absolute Gasteiger partial charge is 0.407 e. The second kappa shape index (κ2) is 17.0. The van der Waals surface area contributed by atoms with Crippen LogP contribution >= 0.6 is 0 Å². The van der Waals surface area contributed by atoms with Gasteiger partial charge in [0.25, 0.3) is 0 Å². The molecule has 5 rings (SSSR count). The number of nitrogens with two attached hydrogens (primary N) is 1. The predicted octanol–water partition coefficient (Wildman–Crippen LogP) is 3.12. The molecule has 0 spiro atoms. The normalized spacial score (nSPS) is 20.8. The third kappa shape index (κ3) is 9.83. The molecule has 0 aliphatic carbocycles. The van der Waals surface area contributed by atoms with Crippen LogP contribution in [0.25, 0.3) is 0 Å². The zero-order valence-electron chi connectivity index (χ0n) is 26.9. The lowest BCUT2D eigenvalue weighted by Gasteiger charge is -2.31. The SMILES string of the molecule is CN1CCOC(CNC(=O)OC[C@@H]2CNC[C@@H](CCc3c(F)cncc3CC(=O)C(N)C(c3ccc(F)cc3)c3ccc(F)cc3)O2)C1. The first-order valence-corrected chi connectivity index (χ1v) is 16.1. The first-order valence-electron chi connectivity index (χ1n) is 16.1. The van der Waals surface area contributed by atoms with Gasteiger partial charge < -0.3 is 35.5 Å². The molecule has 2 fully saturated rings. The van der Waals surface area contributed by atoms with Gasteiger partial charge in [-0.15, -0.1) is 0 Å². The highest BCUT2D eigenvalue weighted by atomic mass is 19.1. The molecule has 0 saturated carbocycles. The average Bonchev–Trinajstić information content (AvgIpc) is 3.08. The summed E-state index contributed by atoms with van der Waals surface area (Å²) in [5.41, 5.74) is 8.44. The number of nitrogens with one attached hydrogen (secondary N) is 2. The molecule has 13 heteroatoms. The number of hydrogen-bond donors (Lipinski definition) is 3. The number of aromatic nitrogens is 1. The summed E-state index contributed by atoms with van der Waals surface area (Å²) in [6.07, 6.45) is 1.76. The Bertz CT molecular complexity index is 1470. The molecule has 2 aliphatic heterocycles. The van der Waals surface area contributed by atoms with E-state index in [0.29, 0.717) is 54.9 Å². The van der Waals surface area contributed by atoms with E-state index in [-0.39, 0.29) is 43.5 Å². The van der Waals surface area contributed by atoms with Crippen molar-refractivity contribution >= 4 is 11.9 Å². The number of rotatable bonds is 13. The van der Waals surface area contributed by atoms with Gasteiger partial charge in [-0.25, -0.2) is 18.0 Å². The van der Waals surface area contributed by atoms with Crippen molar-refractivity contribution in [2.24, 2.45) is 5.73 Å². The van der Waals surface area contributed by atoms with E-state index in [1.165, 1.54) is 30.5 Å². The average molecular weight is 670 g/mol. The Hall–Kier alpha value is -3.88. The van der Waals surface area contributed by atoms with E-state index in [1.807, 2.05) is 7.05 Å². The van der Waals surface area contributed by atoms with Crippen LogP contribution in [0.4, 0.5) is 18.0 Å². The van der Waals surface area contributed by atoms with Crippen LogP contribution in [-0.2, 0) is 31.8 Å². The number of hydrogen-bond acceptors (Lipinski definition) is 9. The number of alkyl carbamates (subject to hydrolysis) is 1. The third-order valence-electron chi connectivity index (χ3n) is 8.71. The number of likely N-dealkylation sites (N-methyl/N-ethyl adjacent to an activating group) is 1. The van der Waals surface area contributed by atoms with Crippen LogP contribution in [0.5, 0.6) is 0 Å². The molecule has 3 aromatic rings. The van der Waals surface area contributed by atoms with Crippen LogP contribution in [0.15, 0.2) is 60.9 Å². The molecule has 3 heterocycles. The molecule has 258 valence electrons. The molecule has 1 amide bonds. The van der Waals surface area contributed by atoms with E-state index in [0.717, 1.165) is 19.3 Å². The first-order chi connectivity index (χ1) is 23.2. The number of halogens is 3. The minimum Gasteiger partial charge on any atom is -0.447 e. The fraction of sp³-hybridized carbons (Fsp3) is 0.457. The molecule has 0 radical (unpaired) electrons. The lowest BCUT2D eigenvalue weighted by molar-refractivity contribution is -0.119. The van der Waals surface area contributed by atoms with Gasteiger partial charge in [-0.1, -0.05) is 24.3 Å². The van der Waals surface area contributed by atoms with Gasteiger partial charge in [0, 0.05) is 51.3 Å². The van der Waals surface area contributed by atoms with Crippen molar-refractivity contribution < 1.29 is 37.0 Å². The largest absolute Gasteiger partial charge is 0.447 e. The van der Waals surface area contributed by atoms with Crippen LogP contribution < -0.4 is 16.4 Å². The number of Topliss-reactive ketones (excluding diaryl/α,β-unsaturated/α-hetero) is 1. The van der Waals surface area contributed by atoms with Crippen molar-refractivity contribution in [2.45, 2.75) is 49.5 Å². The molecular formula is C35H42F3N5O5. The van der Waals surface area contributed by atoms with Crippen LogP contribution in [-0.4, -0.2) is 99.1 Å². The maximum absolute atomic E-state index is 15.1. The molecule has 2 saturated heterocycles. The Morgan fingerprint density at radius 1 is 1.02 bits per heavy atom. The van der Waals surface area contributed by atoms with Gasteiger partial charge in [0.1, 0.15) is 30.2 Å². The number of carbonyl (C=O) groups is 2. The van der Waals surface area contributed by atoms with Crippen LogP contribution in [0.3, 0.4) is 0 Å². The third-order valence-corrected chi connectivity index (χ3v) is 8.71. The number of ketones is 1. The highest BCUT2D eigenvalue weighted by molar-refractivity contribution is 5.87. The number of carbonyl (C=O) groups excluding carboxylic acids is 2. The number of pyridine rings is 1. The van der Waals surface area contributed by atoms with Crippen molar-refractivity contribution in [2.75, 3.05) is 53.0 Å². The topological polar surface area (TPSA) is 128 Å². The molecule has 48 heavy (non-hydrogen) atoms. The lowest BCUT2D eigenvalue weighted by Crippen LogP contribution is -2.48. The van der Waals surface area contributed by atoms with Crippen molar-refractivity contribution in [3.8, 4) is 0 Å². The van der Waals surface area contributed by atoms with Gasteiger partial charge in [0.05, 0.1) is 31.1 Å². The van der Waals surface area contributed by atoms with E-state index >= 15 is 4.39 Å². The van der Waals surface area contributed by atoms with Gasteiger partial charge in [0.15, 0.2) is 5.78 Å².